The van der Waals surface area contributed by atoms with Crippen molar-refractivity contribution in [1.82, 2.24) is 13.7 Å². The van der Waals surface area contributed by atoms with Gasteiger partial charge in [0.25, 0.3) is 0 Å². The molecule has 0 aliphatic carbocycles. The summed E-state index contributed by atoms with van der Waals surface area (Å²) in [6.07, 6.45) is 0. The lowest BCUT2D eigenvalue weighted by molar-refractivity contribution is 1.17. The highest BCUT2D eigenvalue weighted by Crippen LogP contribution is 2.41. The summed E-state index contributed by atoms with van der Waals surface area (Å²) < 4.78 is 6.89. The van der Waals surface area contributed by atoms with Gasteiger partial charge in [-0.05, 0) is 78.4 Å². The molecule has 5 nitrogen and oxygen atoms in total. The third-order valence-corrected chi connectivity index (χ3v) is 11.1. The molecule has 0 spiro atoms. The molecule has 0 saturated heterocycles. The summed E-state index contributed by atoms with van der Waals surface area (Å²) in [5.41, 5.74) is 12.5. The molecule has 0 bridgehead atoms. The smallest absolute Gasteiger partial charge is 0.101 e. The van der Waals surface area contributed by atoms with Gasteiger partial charge in [0.05, 0.1) is 56.0 Å². The van der Waals surface area contributed by atoms with Crippen LogP contribution in [0.15, 0.2) is 176 Å². The van der Waals surface area contributed by atoms with Crippen LogP contribution in [0, 0.1) is 22.7 Å². The predicted octanol–water partition coefficient (Wildman–Crippen LogP) is 12.4. The quantitative estimate of drug-likeness (QED) is 0.184. The second-order valence-electron chi connectivity index (χ2n) is 13.9. The molecule has 0 amide bonds. The van der Waals surface area contributed by atoms with Crippen LogP contribution in [0.3, 0.4) is 0 Å². The molecule has 3 heterocycles. The van der Waals surface area contributed by atoms with Crippen molar-refractivity contribution in [2.75, 3.05) is 0 Å². The molecule has 5 heteroatoms. The van der Waals surface area contributed by atoms with E-state index in [4.69, 9.17) is 0 Å². The molecule has 0 radical (unpaired) electrons. The minimum absolute atomic E-state index is 0.604. The molecular weight excluding hydrogens is 671 g/mol. The van der Waals surface area contributed by atoms with Gasteiger partial charge in [0.15, 0.2) is 0 Å². The van der Waals surface area contributed by atoms with Crippen LogP contribution in [0.4, 0.5) is 0 Å². The molecule has 0 unspecified atom stereocenters. The Balaban J connectivity index is 1.10. The number of para-hydroxylation sites is 5. The lowest BCUT2D eigenvalue weighted by Gasteiger charge is -2.14. The molecule has 11 aromatic rings. The summed E-state index contributed by atoms with van der Waals surface area (Å²) >= 11 is 0. The van der Waals surface area contributed by atoms with Crippen molar-refractivity contribution in [3.05, 3.63) is 187 Å². The molecule has 3 aromatic heterocycles. The Morgan fingerprint density at radius 2 is 0.873 bits per heavy atom. The van der Waals surface area contributed by atoms with Gasteiger partial charge in [-0.1, -0.05) is 103 Å². The highest BCUT2D eigenvalue weighted by atomic mass is 15.0. The molecule has 8 aromatic carbocycles. The normalized spacial score (nSPS) is 11.6. The van der Waals surface area contributed by atoms with Crippen molar-refractivity contribution in [2.45, 2.75) is 0 Å². The van der Waals surface area contributed by atoms with E-state index in [-0.39, 0.29) is 0 Å². The molecule has 0 aliphatic rings. The number of benzene rings is 8. The number of aromatic nitrogens is 3. The van der Waals surface area contributed by atoms with E-state index in [9.17, 15) is 10.5 Å². The fourth-order valence-corrected chi connectivity index (χ4v) is 8.82. The zero-order valence-electron chi connectivity index (χ0n) is 29.5. The van der Waals surface area contributed by atoms with E-state index in [1.807, 2.05) is 30.3 Å². The van der Waals surface area contributed by atoms with Crippen LogP contribution in [-0.2, 0) is 0 Å². The van der Waals surface area contributed by atoms with Crippen LogP contribution in [0.25, 0.3) is 93.6 Å². The molecule has 0 saturated carbocycles. The van der Waals surface area contributed by atoms with Crippen molar-refractivity contribution in [1.29, 1.82) is 10.5 Å². The molecule has 0 N–H and O–H groups in total. The van der Waals surface area contributed by atoms with Crippen molar-refractivity contribution in [3.8, 4) is 40.3 Å². The first-order chi connectivity index (χ1) is 27.2. The molecule has 254 valence electrons. The van der Waals surface area contributed by atoms with Crippen LogP contribution in [-0.4, -0.2) is 13.7 Å². The average Bonchev–Trinajstić information content (AvgIpc) is 3.90. The zero-order chi connectivity index (χ0) is 36.6. The monoisotopic (exact) mass is 699 g/mol. The zero-order valence-corrected chi connectivity index (χ0v) is 29.5. The fraction of sp³-hybridized carbons (Fsp3) is 0. The molecule has 0 aliphatic heterocycles. The first-order valence-corrected chi connectivity index (χ1v) is 18.3. The second-order valence-corrected chi connectivity index (χ2v) is 13.9. The lowest BCUT2D eigenvalue weighted by Crippen LogP contribution is -1.98. The van der Waals surface area contributed by atoms with E-state index in [0.717, 1.165) is 66.4 Å². The second kappa shape index (κ2) is 11.8. The largest absolute Gasteiger partial charge is 0.309 e. The number of fused-ring (bicyclic) bond motifs is 9. The Labute approximate surface area is 316 Å². The predicted molar refractivity (Wildman–Crippen MR) is 224 cm³/mol. The fourth-order valence-electron chi connectivity index (χ4n) is 8.82. The van der Waals surface area contributed by atoms with E-state index in [1.165, 1.54) is 27.2 Å². The number of rotatable bonds is 4. The first kappa shape index (κ1) is 30.7. The summed E-state index contributed by atoms with van der Waals surface area (Å²) in [6.45, 7) is 0. The maximum atomic E-state index is 10.4. The third kappa shape index (κ3) is 4.39. The number of nitriles is 2. The van der Waals surface area contributed by atoms with Crippen molar-refractivity contribution >= 4 is 65.4 Å². The van der Waals surface area contributed by atoms with E-state index in [1.54, 1.807) is 0 Å². The highest BCUT2D eigenvalue weighted by molar-refractivity contribution is 6.16. The number of nitrogens with zero attached hydrogens (tertiary/aromatic N) is 5. The minimum Gasteiger partial charge on any atom is -0.309 e. The number of hydrogen-bond acceptors (Lipinski definition) is 2. The number of hydrogen-bond donors (Lipinski definition) is 0. The van der Waals surface area contributed by atoms with Crippen LogP contribution >= 0.6 is 0 Å². The third-order valence-electron chi connectivity index (χ3n) is 11.1. The van der Waals surface area contributed by atoms with Gasteiger partial charge >= 0.3 is 0 Å². The maximum Gasteiger partial charge on any atom is 0.101 e. The average molecular weight is 700 g/mol. The standard InChI is InChI=1S/C50H29N5/c51-30-33-25-28-36(29-42(33)32-23-26-35(27-24-32)54-43-17-5-3-14-39(43)40-16-9-11-34(31-52)50(40)54)53-46-20-8-4-15-41(46)49-47(53)21-10-22-48(49)55-44-18-6-1-12-37(44)38-13-2-7-19-45(38)55/h1-29H. The van der Waals surface area contributed by atoms with Gasteiger partial charge in [0, 0.05) is 49.3 Å². The molecular formula is C50H29N5. The topological polar surface area (TPSA) is 62.4 Å². The van der Waals surface area contributed by atoms with Gasteiger partial charge in [-0.25, -0.2) is 0 Å². The molecule has 0 atom stereocenters. The SMILES string of the molecule is N#Cc1ccc(-n2c3ccccc3c3c(-n4c5ccccc5c5ccccc54)cccc32)cc1-c1ccc(-n2c3ccccc3c3cccc(C#N)c32)cc1. The lowest BCUT2D eigenvalue weighted by atomic mass is 9.99. The van der Waals surface area contributed by atoms with E-state index in [2.05, 4.69) is 171 Å². The Bertz CT molecular complexity index is 3400. The summed E-state index contributed by atoms with van der Waals surface area (Å²) in [5, 5.41) is 27.4. The summed E-state index contributed by atoms with van der Waals surface area (Å²) in [5.74, 6) is 0. The van der Waals surface area contributed by atoms with Crippen LogP contribution in [0.5, 0.6) is 0 Å². The van der Waals surface area contributed by atoms with E-state index < -0.39 is 0 Å². The van der Waals surface area contributed by atoms with E-state index >= 15 is 0 Å². The van der Waals surface area contributed by atoms with Gasteiger partial charge in [0.1, 0.15) is 6.07 Å². The Morgan fingerprint density at radius 1 is 0.364 bits per heavy atom. The van der Waals surface area contributed by atoms with Crippen molar-refractivity contribution < 1.29 is 0 Å². The van der Waals surface area contributed by atoms with Crippen LogP contribution in [0.1, 0.15) is 11.1 Å². The van der Waals surface area contributed by atoms with Gasteiger partial charge in [0.2, 0.25) is 0 Å². The molecule has 55 heavy (non-hydrogen) atoms. The maximum absolute atomic E-state index is 10.4. The summed E-state index contributed by atoms with van der Waals surface area (Å²) in [7, 11) is 0. The first-order valence-electron chi connectivity index (χ1n) is 18.3. The van der Waals surface area contributed by atoms with Crippen molar-refractivity contribution in [2.24, 2.45) is 0 Å². The molecule has 0 fully saturated rings. The van der Waals surface area contributed by atoms with Crippen LogP contribution in [0.2, 0.25) is 0 Å². The van der Waals surface area contributed by atoms with Crippen LogP contribution < -0.4 is 0 Å². The summed E-state index contributed by atoms with van der Waals surface area (Å²) in [4.78, 5) is 0. The highest BCUT2D eigenvalue weighted by Gasteiger charge is 2.21. The Kier molecular flexibility index (Phi) is 6.61. The van der Waals surface area contributed by atoms with E-state index in [0.29, 0.717) is 11.1 Å². The summed E-state index contributed by atoms with van der Waals surface area (Å²) in [6, 6.07) is 65.9. The van der Waals surface area contributed by atoms with Gasteiger partial charge in [-0.3, -0.25) is 0 Å². The molecule has 11 rings (SSSR count). The van der Waals surface area contributed by atoms with Gasteiger partial charge in [-0.15, -0.1) is 0 Å². The van der Waals surface area contributed by atoms with Crippen molar-refractivity contribution in [3.63, 3.8) is 0 Å². The Morgan fingerprint density at radius 3 is 1.53 bits per heavy atom. The minimum atomic E-state index is 0.604. The van der Waals surface area contributed by atoms with Gasteiger partial charge < -0.3 is 13.7 Å². The Hall–Kier alpha value is -7.86. The van der Waals surface area contributed by atoms with Gasteiger partial charge in [-0.2, -0.15) is 10.5 Å².